The van der Waals surface area contributed by atoms with Gasteiger partial charge in [0.15, 0.2) is 5.41 Å². The first-order chi connectivity index (χ1) is 48.4. The first-order valence-corrected chi connectivity index (χ1v) is 27.8. The number of aromatic nitrogens is 8. The van der Waals surface area contributed by atoms with Crippen LogP contribution in [0.2, 0.25) is 0 Å². The summed E-state index contributed by atoms with van der Waals surface area (Å²) in [6.07, 6.45) is -21.0. The van der Waals surface area contributed by atoms with E-state index in [9.17, 15) is 155 Å². The number of benzene rings is 3. The molecule has 48 heteroatoms. The van der Waals surface area contributed by atoms with Gasteiger partial charge in [0.05, 0.1) is 12.7 Å². The minimum atomic E-state index is -7.80. The fourth-order valence-corrected chi connectivity index (χ4v) is 10.7. The Labute approximate surface area is 663 Å². The topological polar surface area (TPSA) is 154 Å². The molecule has 0 fully saturated rings. The Balaban J connectivity index is 0.000000297. The van der Waals surface area contributed by atoms with Gasteiger partial charge < -0.3 is 24.9 Å². The van der Waals surface area contributed by atoms with Crippen LogP contribution in [0.15, 0.2) is 140 Å². The number of para-hydroxylation sites is 1. The predicted octanol–water partition coefficient (Wildman–Crippen LogP) is 17.3. The Kier molecular flexibility index (Phi) is 27.8. The van der Waals surface area contributed by atoms with E-state index in [1.807, 2.05) is 0 Å². The van der Waals surface area contributed by atoms with Crippen molar-refractivity contribution in [1.29, 1.82) is 0 Å². The fraction of sp³-hybridized carbons (Fsp3) is 0.254. The third-order valence-electron chi connectivity index (χ3n) is 15.5. The van der Waals surface area contributed by atoms with Crippen molar-refractivity contribution in [3.8, 4) is 0 Å². The maximum absolute atomic E-state index is 14.5. The van der Waals surface area contributed by atoms with Gasteiger partial charge in [-0.2, -0.15) is 138 Å². The van der Waals surface area contributed by atoms with E-state index in [0.717, 1.165) is 55.3 Å². The number of halogens is 32. The van der Waals surface area contributed by atoms with Gasteiger partial charge in [0.25, 0.3) is 41.0 Å². The summed E-state index contributed by atoms with van der Waals surface area (Å²) in [5, 5.41) is 8.31. The number of pyridine rings is 3. The van der Waals surface area contributed by atoms with Gasteiger partial charge in [-0.15, -0.1) is 34.9 Å². The van der Waals surface area contributed by atoms with Crippen molar-refractivity contribution < 1.29 is 255 Å². The van der Waals surface area contributed by atoms with Gasteiger partial charge >= 0.3 is 54.3 Å². The SMILES string of the molecule is FC(F)(F)C1(C(F)(F)F)C(c2ccc3ccccc3n2)=[C-]C(F)(F)C1(C(F)(F)F)C(F)(F)F.FC1(F)[C-]=C(c2cccnn2)C(F)(F)C1(F)F.O=C1C(F)(F)[C-]=C(c2cc3ccccc3cn2)C1(F)F.O=C1C(F)(F)[C-]=C(c2nccc3ccccc23)C1(F)F.O=C1C(F)(F)[C-]=C(c2ncncn2)C1(F)F.[Ir].[Ir].[Ir].[Ir].[Ir]. The molecule has 0 saturated carbocycles. The Morgan fingerprint density at radius 3 is 1.26 bits per heavy atom. The number of alkyl halides is 32. The average Bonchev–Trinajstić information content (AvgIpc) is 1.50. The second-order valence-electron chi connectivity index (χ2n) is 22.0. The van der Waals surface area contributed by atoms with E-state index in [2.05, 4.69) is 40.1 Å². The number of nitrogens with zero attached hydrogens (tertiary/aromatic N) is 8. The van der Waals surface area contributed by atoms with Gasteiger partial charge in [0.1, 0.15) is 0 Å². The smallest absolute Gasteiger partial charge is 0.350 e. The number of ketones is 3. The van der Waals surface area contributed by atoms with Gasteiger partial charge in [-0.25, -0.2) is 54.0 Å². The molecule has 3 aromatic carbocycles. The summed E-state index contributed by atoms with van der Waals surface area (Å²) in [6.45, 7) is 0. The molecular weight excluding hydrogens is 2490 g/mol. The van der Waals surface area contributed by atoms with E-state index < -0.39 is 163 Å². The molecular formula is C63H23F32Ir5N8O3-5. The van der Waals surface area contributed by atoms with E-state index in [1.165, 1.54) is 48.8 Å². The average molecular weight is 2510 g/mol. The van der Waals surface area contributed by atoms with Crippen LogP contribution in [0.3, 0.4) is 0 Å². The molecule has 0 unspecified atom stereocenters. The molecule has 0 spiro atoms. The van der Waals surface area contributed by atoms with Crippen molar-refractivity contribution in [2.24, 2.45) is 10.8 Å². The number of allylic oxidation sites excluding steroid dienone is 10. The number of hydrogen-bond acceptors (Lipinski definition) is 11. The number of fused-ring (bicyclic) bond motifs is 3. The molecule has 13 rings (SSSR count). The Morgan fingerprint density at radius 2 is 0.811 bits per heavy atom. The molecule has 0 bridgehead atoms. The summed E-state index contributed by atoms with van der Waals surface area (Å²) in [4.78, 5) is 53.2. The molecule has 0 aliphatic heterocycles. The molecule has 8 aromatic rings. The van der Waals surface area contributed by atoms with Crippen molar-refractivity contribution in [2.75, 3.05) is 0 Å². The summed E-state index contributed by atoms with van der Waals surface area (Å²) < 4.78 is 431. The normalized spacial score (nSPS) is 20.4. The minimum Gasteiger partial charge on any atom is -0.350 e. The van der Waals surface area contributed by atoms with Gasteiger partial charge in [0, 0.05) is 130 Å². The second-order valence-corrected chi connectivity index (χ2v) is 22.0. The first kappa shape index (κ1) is 96.1. The van der Waals surface area contributed by atoms with E-state index in [1.54, 1.807) is 48.5 Å². The van der Waals surface area contributed by atoms with Crippen molar-refractivity contribution in [1.82, 2.24) is 40.1 Å². The zero-order valence-corrected chi connectivity index (χ0v) is 63.8. The summed E-state index contributed by atoms with van der Waals surface area (Å²) in [6, 6.07) is 23.4. The second kappa shape index (κ2) is 32.2. The molecule has 5 aliphatic rings. The number of carbonyl (C=O) groups is 3. The molecule has 5 aromatic heterocycles. The summed E-state index contributed by atoms with van der Waals surface area (Å²) in [5.41, 5.74) is -27.1. The van der Waals surface area contributed by atoms with E-state index in [4.69, 9.17) is 0 Å². The van der Waals surface area contributed by atoms with E-state index >= 15 is 0 Å². The van der Waals surface area contributed by atoms with Crippen LogP contribution in [-0.2, 0) is 115 Å². The van der Waals surface area contributed by atoms with Crippen LogP contribution >= 0.6 is 0 Å². The van der Waals surface area contributed by atoms with Gasteiger partial charge in [-0.1, -0.05) is 113 Å². The summed E-state index contributed by atoms with van der Waals surface area (Å²) in [7, 11) is 0. The monoisotopic (exact) mass is 2510 g/mol. The molecule has 111 heavy (non-hydrogen) atoms. The molecule has 0 atom stereocenters. The standard InChI is InChI=1S/C18H6F14N.2C14H6F4NO.C9H3F6N2.C8H2F4N3O.5Ir/c19-12(20)7-9(11-6-5-8-3-1-2-4-10(8)33-11)13(15(21,22)23,16(24,25)26)14(12,17(27,28)29)18(30,31)32;15-13(16)6-10(14(17,18)12(13)20)11-5-8-3-1-2-4-9(8)7-19-11;15-13(16)7-10(14(17,18)12(13)20)11-9-4-2-1-3-8(9)5-6-19-11;10-7(11)4-5(6-2-1-3-16-17-6)8(12,13)9(7,14)15;9-7(10)1-4(8(11,12)6(7)16)5-14-2-13-3-15-5;;;;;/h1-6H;1-5,7H;1-6H;1-3H;2-3H;;;;;/q5*-1;;;;;. The Bertz CT molecular complexity index is 4940. The molecule has 607 valence electrons. The van der Waals surface area contributed by atoms with Crippen LogP contribution in [0.25, 0.3) is 60.3 Å². The summed E-state index contributed by atoms with van der Waals surface area (Å²) >= 11 is 0. The molecule has 11 nitrogen and oxygen atoms in total. The molecule has 5 aliphatic carbocycles. The van der Waals surface area contributed by atoms with Crippen molar-refractivity contribution in [2.45, 2.75) is 83.9 Å². The zero-order chi connectivity index (χ0) is 79.4. The molecule has 5 radical (unpaired) electrons. The van der Waals surface area contributed by atoms with E-state index in [-0.39, 0.29) is 135 Å². The van der Waals surface area contributed by atoms with Crippen molar-refractivity contribution in [3.63, 3.8) is 0 Å². The van der Waals surface area contributed by atoms with E-state index in [0.29, 0.717) is 22.2 Å². The number of rotatable bonds is 5. The van der Waals surface area contributed by atoms with Gasteiger partial charge in [-0.3, -0.25) is 14.4 Å². The fourth-order valence-electron chi connectivity index (χ4n) is 10.7. The largest absolute Gasteiger partial charge is 0.409 e. The molecule has 5 heterocycles. The van der Waals surface area contributed by atoms with Crippen LogP contribution in [0, 0.1) is 41.2 Å². The van der Waals surface area contributed by atoms with Crippen LogP contribution in [0.1, 0.15) is 28.6 Å². The van der Waals surface area contributed by atoms with Crippen LogP contribution < -0.4 is 0 Å². The maximum atomic E-state index is 14.5. The third-order valence-corrected chi connectivity index (χ3v) is 15.5. The molecule has 0 N–H and O–H groups in total. The predicted molar refractivity (Wildman–Crippen MR) is 294 cm³/mol. The Morgan fingerprint density at radius 1 is 0.360 bits per heavy atom. The third kappa shape index (κ3) is 16.3. The van der Waals surface area contributed by atoms with Crippen molar-refractivity contribution >= 4 is 77.7 Å². The number of Topliss-reactive ketones (excluding diaryl/α,β-unsaturated/α-hetero) is 3. The van der Waals surface area contributed by atoms with Crippen LogP contribution in [0.4, 0.5) is 140 Å². The van der Waals surface area contributed by atoms with Gasteiger partial charge in [-0.05, 0) is 33.7 Å². The number of carbonyl (C=O) groups excluding carboxylic acids is 3. The van der Waals surface area contributed by atoms with Crippen molar-refractivity contribution in [3.05, 3.63) is 199 Å². The summed E-state index contributed by atoms with van der Waals surface area (Å²) in [5.74, 6) is -56.4. The van der Waals surface area contributed by atoms with Crippen LogP contribution in [0.5, 0.6) is 0 Å². The Hall–Kier alpha value is -7.30. The first-order valence-electron chi connectivity index (χ1n) is 27.8. The zero-order valence-electron chi connectivity index (χ0n) is 51.8. The van der Waals surface area contributed by atoms with Crippen LogP contribution in [-0.4, -0.2) is 141 Å². The quantitative estimate of drug-likeness (QED) is 0.119. The minimum absolute atomic E-state index is 0. The molecule has 0 saturated heterocycles. The number of hydrogen-bond donors (Lipinski definition) is 0. The van der Waals surface area contributed by atoms with Gasteiger partial charge in [0.2, 0.25) is 11.3 Å². The molecule has 0 amide bonds. The maximum Gasteiger partial charge on any atom is 0.409 e.